The highest BCUT2D eigenvalue weighted by Crippen LogP contribution is 2.23. The number of carbonyl (C=O) groups is 3. The lowest BCUT2D eigenvalue weighted by atomic mass is 10.1. The van der Waals surface area contributed by atoms with Gasteiger partial charge in [-0.25, -0.2) is 9.18 Å². The summed E-state index contributed by atoms with van der Waals surface area (Å²) >= 11 is 0. The Hall–Kier alpha value is -3.88. The van der Waals surface area contributed by atoms with Crippen LogP contribution in [0, 0.1) is 12.7 Å². The molecule has 0 spiro atoms. The Morgan fingerprint density at radius 2 is 1.56 bits per heavy atom. The number of hydrogen-bond donors (Lipinski definition) is 0. The number of hydrogen-bond acceptors (Lipinski definition) is 6. The lowest BCUT2D eigenvalue weighted by Crippen LogP contribution is -2.33. The molecular weight excluding hydrogens is 355 g/mol. The fourth-order valence-electron chi connectivity index (χ4n) is 2.63. The molecule has 1 aromatic heterocycles. The molecule has 0 radical (unpaired) electrons. The molecule has 0 unspecified atom stereocenters. The van der Waals surface area contributed by atoms with Crippen molar-refractivity contribution >= 4 is 17.8 Å². The van der Waals surface area contributed by atoms with Crippen LogP contribution in [0.15, 0.2) is 48.5 Å². The normalized spacial score (nSPS) is 13.0. The van der Waals surface area contributed by atoms with Crippen molar-refractivity contribution in [1.29, 1.82) is 0 Å². The molecule has 4 rings (SSSR count). The molecule has 0 aliphatic carbocycles. The number of imide groups is 1. The highest BCUT2D eigenvalue weighted by atomic mass is 19.1. The van der Waals surface area contributed by atoms with E-state index in [4.69, 9.17) is 4.84 Å². The number of fused-ring (bicyclic) bond motifs is 1. The smallest absolute Gasteiger partial charge is 0.322 e. The zero-order valence-electron chi connectivity index (χ0n) is 13.9. The van der Waals surface area contributed by atoms with Gasteiger partial charge in [-0.05, 0) is 43.3 Å². The van der Waals surface area contributed by atoms with Gasteiger partial charge in [-0.15, -0.1) is 5.10 Å². The first-order valence-corrected chi connectivity index (χ1v) is 7.85. The van der Waals surface area contributed by atoms with Crippen molar-refractivity contribution in [2.75, 3.05) is 0 Å². The van der Waals surface area contributed by atoms with E-state index in [1.54, 1.807) is 12.1 Å². The van der Waals surface area contributed by atoms with Crippen LogP contribution in [0.25, 0.3) is 5.69 Å². The molecule has 9 heteroatoms. The second-order valence-corrected chi connectivity index (χ2v) is 5.73. The van der Waals surface area contributed by atoms with Crippen LogP contribution >= 0.6 is 0 Å². The van der Waals surface area contributed by atoms with Crippen LogP contribution in [0.3, 0.4) is 0 Å². The zero-order chi connectivity index (χ0) is 19.1. The molecule has 2 heterocycles. The summed E-state index contributed by atoms with van der Waals surface area (Å²) in [7, 11) is 0. The number of aromatic nitrogens is 3. The van der Waals surface area contributed by atoms with Gasteiger partial charge in [0.05, 0.1) is 22.5 Å². The van der Waals surface area contributed by atoms with Crippen LogP contribution in [0.5, 0.6) is 0 Å². The fraction of sp³-hybridized carbons (Fsp3) is 0.0556. The third-order valence-electron chi connectivity index (χ3n) is 3.96. The van der Waals surface area contributed by atoms with E-state index in [0.717, 1.165) is 4.80 Å². The number of halogens is 1. The Balaban J connectivity index is 1.59. The summed E-state index contributed by atoms with van der Waals surface area (Å²) in [5, 5.41) is 8.49. The molecule has 0 fully saturated rings. The van der Waals surface area contributed by atoms with Crippen molar-refractivity contribution in [3.8, 4) is 5.69 Å². The van der Waals surface area contributed by atoms with Crippen molar-refractivity contribution in [2.45, 2.75) is 6.92 Å². The minimum absolute atomic E-state index is 0.155. The number of aryl methyl sites for hydroxylation is 1. The van der Waals surface area contributed by atoms with E-state index in [0.29, 0.717) is 10.8 Å². The third kappa shape index (κ3) is 2.74. The van der Waals surface area contributed by atoms with Crippen LogP contribution in [0.4, 0.5) is 4.39 Å². The van der Waals surface area contributed by atoms with Gasteiger partial charge in [0.25, 0.3) is 11.8 Å². The maximum atomic E-state index is 13.0. The van der Waals surface area contributed by atoms with Crippen LogP contribution < -0.4 is 0 Å². The van der Waals surface area contributed by atoms with Gasteiger partial charge in [-0.2, -0.15) is 9.90 Å². The van der Waals surface area contributed by atoms with Crippen molar-refractivity contribution in [3.63, 3.8) is 0 Å². The zero-order valence-corrected chi connectivity index (χ0v) is 13.9. The fourth-order valence-corrected chi connectivity index (χ4v) is 2.63. The van der Waals surface area contributed by atoms with Gasteiger partial charge in [0.1, 0.15) is 5.82 Å². The van der Waals surface area contributed by atoms with Gasteiger partial charge in [0, 0.05) is 0 Å². The molecule has 2 aromatic carbocycles. The number of rotatable bonds is 3. The van der Waals surface area contributed by atoms with Crippen molar-refractivity contribution in [2.24, 2.45) is 0 Å². The van der Waals surface area contributed by atoms with Gasteiger partial charge >= 0.3 is 5.97 Å². The van der Waals surface area contributed by atoms with Gasteiger partial charge in [0.2, 0.25) is 0 Å². The molecule has 0 saturated carbocycles. The van der Waals surface area contributed by atoms with Crippen molar-refractivity contribution in [3.05, 3.63) is 76.9 Å². The standard InChI is InChI=1S/C18H11FN4O4/c1-10-15(21-23(20-10)12-8-6-11(19)7-9-12)18(26)27-22-16(24)13-4-2-3-5-14(13)17(22)25/h2-9H,1H3. The Labute approximate surface area is 151 Å². The first kappa shape index (κ1) is 16.6. The highest BCUT2D eigenvalue weighted by Gasteiger charge is 2.39. The van der Waals surface area contributed by atoms with Gasteiger partial charge < -0.3 is 4.84 Å². The molecule has 1 aliphatic heterocycles. The van der Waals surface area contributed by atoms with Gasteiger partial charge in [0.15, 0.2) is 5.69 Å². The monoisotopic (exact) mass is 366 g/mol. The minimum atomic E-state index is -1.00. The van der Waals surface area contributed by atoms with E-state index in [2.05, 4.69) is 10.2 Å². The first-order valence-electron chi connectivity index (χ1n) is 7.85. The summed E-state index contributed by atoms with van der Waals surface area (Å²) in [5.74, 6) is -2.89. The molecule has 2 amide bonds. The van der Waals surface area contributed by atoms with Crippen molar-refractivity contribution < 1.29 is 23.6 Å². The molecule has 1 aliphatic rings. The van der Waals surface area contributed by atoms with E-state index in [1.165, 1.54) is 43.3 Å². The van der Waals surface area contributed by atoms with E-state index in [9.17, 15) is 18.8 Å². The summed E-state index contributed by atoms with van der Waals surface area (Å²) in [5.41, 5.74) is 0.792. The predicted octanol–water partition coefficient (Wildman–Crippen LogP) is 2.08. The maximum absolute atomic E-state index is 13.0. The summed E-state index contributed by atoms with van der Waals surface area (Å²) in [6.45, 7) is 1.52. The maximum Gasteiger partial charge on any atom is 0.385 e. The Morgan fingerprint density at radius 1 is 0.963 bits per heavy atom. The average Bonchev–Trinajstić information content (AvgIpc) is 3.16. The second kappa shape index (κ2) is 6.13. The highest BCUT2D eigenvalue weighted by molar-refractivity contribution is 6.21. The number of amides is 2. The Bertz CT molecular complexity index is 1060. The van der Waals surface area contributed by atoms with Crippen molar-refractivity contribution in [1.82, 2.24) is 20.1 Å². The molecule has 0 bridgehead atoms. The Kier molecular flexibility index (Phi) is 3.76. The molecule has 0 saturated heterocycles. The SMILES string of the molecule is Cc1nn(-c2ccc(F)cc2)nc1C(=O)ON1C(=O)c2ccccc2C1=O. The van der Waals surface area contributed by atoms with Crippen LogP contribution in [0.2, 0.25) is 0 Å². The van der Waals surface area contributed by atoms with Crippen LogP contribution in [-0.4, -0.2) is 37.8 Å². The molecule has 0 N–H and O–H groups in total. The Morgan fingerprint density at radius 3 is 2.15 bits per heavy atom. The predicted molar refractivity (Wildman–Crippen MR) is 88.4 cm³/mol. The quantitative estimate of drug-likeness (QED) is 0.659. The lowest BCUT2D eigenvalue weighted by molar-refractivity contribution is -0.0589. The van der Waals surface area contributed by atoms with E-state index < -0.39 is 23.6 Å². The largest absolute Gasteiger partial charge is 0.385 e. The molecule has 3 aromatic rings. The van der Waals surface area contributed by atoms with E-state index in [-0.39, 0.29) is 22.5 Å². The number of carbonyl (C=O) groups excluding carboxylic acids is 3. The number of nitrogens with zero attached hydrogens (tertiary/aromatic N) is 4. The minimum Gasteiger partial charge on any atom is -0.322 e. The summed E-state index contributed by atoms with van der Waals surface area (Å²) < 4.78 is 13.0. The topological polar surface area (TPSA) is 94.4 Å². The summed E-state index contributed by atoms with van der Waals surface area (Å²) in [4.78, 5) is 43.1. The van der Waals surface area contributed by atoms with E-state index in [1.807, 2.05) is 0 Å². The molecule has 8 nitrogen and oxygen atoms in total. The van der Waals surface area contributed by atoms with E-state index >= 15 is 0 Å². The van der Waals surface area contributed by atoms with Gasteiger partial charge in [-0.3, -0.25) is 9.59 Å². The third-order valence-corrected chi connectivity index (χ3v) is 3.96. The molecule has 0 atom stereocenters. The van der Waals surface area contributed by atoms with Crippen LogP contribution in [0.1, 0.15) is 36.9 Å². The summed E-state index contributed by atoms with van der Waals surface area (Å²) in [6, 6.07) is 11.5. The second-order valence-electron chi connectivity index (χ2n) is 5.73. The molecule has 27 heavy (non-hydrogen) atoms. The average molecular weight is 366 g/mol. The lowest BCUT2D eigenvalue weighted by Gasteiger charge is -2.11. The number of hydroxylamine groups is 2. The molecule has 134 valence electrons. The molecular formula is C18H11FN4O4. The first-order chi connectivity index (χ1) is 13.0. The number of benzene rings is 2. The van der Waals surface area contributed by atoms with Crippen LogP contribution in [-0.2, 0) is 4.84 Å². The summed E-state index contributed by atoms with van der Waals surface area (Å²) in [6.07, 6.45) is 0. The van der Waals surface area contributed by atoms with Gasteiger partial charge in [-0.1, -0.05) is 17.2 Å².